The molecule has 0 spiro atoms. The van der Waals surface area contributed by atoms with E-state index >= 15 is 0 Å². The Hall–Kier alpha value is -2.21. The van der Waals surface area contributed by atoms with Crippen molar-refractivity contribution in [1.29, 1.82) is 0 Å². The predicted octanol–water partition coefficient (Wildman–Crippen LogP) is 3.20. The second-order valence-corrected chi connectivity index (χ2v) is 7.20. The highest BCUT2D eigenvalue weighted by Crippen LogP contribution is 2.47. The maximum atomic E-state index is 13.0. The molecule has 0 bridgehead atoms. The molecule has 2 aromatic rings. The standard InChI is InChI=1S/C19H23FN2O3/c1-19(2)13(9-17(19)21-18(23)11-24-3)8-15-10-16(25-22-15)12-4-6-14(20)7-5-12/h4-7,10,13,17H,8-9,11H2,1-3H3,(H,21,23). The van der Waals surface area contributed by atoms with Crippen molar-refractivity contribution in [3.63, 3.8) is 0 Å². The summed E-state index contributed by atoms with van der Waals surface area (Å²) in [5, 5.41) is 7.16. The number of benzene rings is 1. The van der Waals surface area contributed by atoms with Gasteiger partial charge in [-0.2, -0.15) is 0 Å². The number of aromatic nitrogens is 1. The van der Waals surface area contributed by atoms with Gasteiger partial charge in [-0.15, -0.1) is 0 Å². The number of rotatable bonds is 6. The van der Waals surface area contributed by atoms with E-state index in [1.165, 1.54) is 19.2 Å². The van der Waals surface area contributed by atoms with Crippen LogP contribution in [0.25, 0.3) is 11.3 Å². The van der Waals surface area contributed by atoms with Crippen LogP contribution in [0.2, 0.25) is 0 Å². The zero-order valence-corrected chi connectivity index (χ0v) is 14.7. The summed E-state index contributed by atoms with van der Waals surface area (Å²) in [7, 11) is 1.51. The molecular formula is C19H23FN2O3. The minimum absolute atomic E-state index is 0.0155. The molecule has 1 N–H and O–H groups in total. The summed E-state index contributed by atoms with van der Waals surface area (Å²) in [5.41, 5.74) is 1.66. The molecule has 6 heteroatoms. The highest BCUT2D eigenvalue weighted by molar-refractivity contribution is 5.77. The van der Waals surface area contributed by atoms with E-state index in [1.807, 2.05) is 6.07 Å². The average Bonchev–Trinajstić information content (AvgIpc) is 3.03. The molecule has 1 aliphatic rings. The maximum Gasteiger partial charge on any atom is 0.246 e. The third kappa shape index (κ3) is 3.74. The molecule has 1 saturated carbocycles. The molecule has 134 valence electrons. The van der Waals surface area contributed by atoms with Crippen molar-refractivity contribution in [3.05, 3.63) is 41.8 Å². The first-order chi connectivity index (χ1) is 11.9. The van der Waals surface area contributed by atoms with Crippen LogP contribution < -0.4 is 5.32 Å². The van der Waals surface area contributed by atoms with E-state index in [2.05, 4.69) is 24.3 Å². The number of amides is 1. The Morgan fingerprint density at radius 1 is 1.40 bits per heavy atom. The fraction of sp³-hybridized carbons (Fsp3) is 0.474. The van der Waals surface area contributed by atoms with E-state index in [-0.39, 0.29) is 29.8 Å². The van der Waals surface area contributed by atoms with E-state index in [0.717, 1.165) is 24.1 Å². The Bertz CT molecular complexity index is 739. The lowest BCUT2D eigenvalue weighted by Gasteiger charge is -2.52. The summed E-state index contributed by atoms with van der Waals surface area (Å²) in [6, 6.07) is 8.20. The number of hydrogen-bond donors (Lipinski definition) is 1. The molecule has 1 fully saturated rings. The molecule has 0 aliphatic heterocycles. The number of nitrogens with zero attached hydrogens (tertiary/aromatic N) is 1. The van der Waals surface area contributed by atoms with E-state index in [0.29, 0.717) is 11.7 Å². The van der Waals surface area contributed by atoms with Gasteiger partial charge in [-0.3, -0.25) is 4.79 Å². The molecule has 1 aromatic carbocycles. The van der Waals surface area contributed by atoms with Gasteiger partial charge in [0.05, 0.1) is 5.69 Å². The first-order valence-corrected chi connectivity index (χ1v) is 8.40. The van der Waals surface area contributed by atoms with Crippen LogP contribution in [0.4, 0.5) is 4.39 Å². The van der Waals surface area contributed by atoms with E-state index < -0.39 is 0 Å². The van der Waals surface area contributed by atoms with Crippen LogP contribution in [0.5, 0.6) is 0 Å². The van der Waals surface area contributed by atoms with Crippen LogP contribution >= 0.6 is 0 Å². The maximum absolute atomic E-state index is 13.0. The van der Waals surface area contributed by atoms with Crippen molar-refractivity contribution in [2.45, 2.75) is 32.7 Å². The number of methoxy groups -OCH3 is 1. The molecule has 1 aliphatic carbocycles. The Labute approximate surface area is 146 Å². The van der Waals surface area contributed by atoms with Crippen molar-refractivity contribution >= 4 is 5.91 Å². The third-order valence-electron chi connectivity index (χ3n) is 5.22. The molecular weight excluding hydrogens is 323 g/mol. The minimum atomic E-state index is -0.277. The number of hydrogen-bond acceptors (Lipinski definition) is 4. The molecule has 1 amide bonds. The molecule has 0 radical (unpaired) electrons. The van der Waals surface area contributed by atoms with Crippen LogP contribution in [0, 0.1) is 17.2 Å². The summed E-state index contributed by atoms with van der Waals surface area (Å²) < 4.78 is 23.3. The summed E-state index contributed by atoms with van der Waals surface area (Å²) in [4.78, 5) is 11.7. The SMILES string of the molecule is COCC(=O)NC1CC(Cc2cc(-c3ccc(F)cc3)on2)C1(C)C. The highest BCUT2D eigenvalue weighted by atomic mass is 19.1. The van der Waals surface area contributed by atoms with Crippen LogP contribution in [0.15, 0.2) is 34.9 Å². The summed E-state index contributed by atoms with van der Waals surface area (Å²) in [6.07, 6.45) is 1.69. The van der Waals surface area contributed by atoms with Gasteiger partial charge in [0.15, 0.2) is 5.76 Å². The number of halogens is 1. The lowest BCUT2D eigenvalue weighted by atomic mass is 9.57. The Kier molecular flexibility index (Phi) is 4.90. The van der Waals surface area contributed by atoms with Crippen molar-refractivity contribution < 1.29 is 18.4 Å². The topological polar surface area (TPSA) is 64.4 Å². The summed E-state index contributed by atoms with van der Waals surface area (Å²) in [6.45, 7) is 4.39. The first kappa shape index (κ1) is 17.6. The third-order valence-corrected chi connectivity index (χ3v) is 5.22. The van der Waals surface area contributed by atoms with Crippen molar-refractivity contribution in [1.82, 2.24) is 10.5 Å². The van der Waals surface area contributed by atoms with Crippen molar-refractivity contribution in [3.8, 4) is 11.3 Å². The van der Waals surface area contributed by atoms with Gasteiger partial charge in [-0.05, 0) is 48.4 Å². The lowest BCUT2D eigenvalue weighted by molar-refractivity contribution is -0.129. The molecule has 3 rings (SSSR count). The average molecular weight is 346 g/mol. The fourth-order valence-corrected chi connectivity index (χ4v) is 3.39. The van der Waals surface area contributed by atoms with Gasteiger partial charge in [0, 0.05) is 24.8 Å². The molecule has 2 unspecified atom stereocenters. The highest BCUT2D eigenvalue weighted by Gasteiger charge is 2.48. The van der Waals surface area contributed by atoms with E-state index in [1.54, 1.807) is 12.1 Å². The largest absolute Gasteiger partial charge is 0.375 e. The quantitative estimate of drug-likeness (QED) is 0.872. The van der Waals surface area contributed by atoms with E-state index in [4.69, 9.17) is 9.26 Å². The molecule has 0 saturated heterocycles. The van der Waals surface area contributed by atoms with Crippen LogP contribution in [0.3, 0.4) is 0 Å². The molecule has 2 atom stereocenters. The van der Waals surface area contributed by atoms with Crippen molar-refractivity contribution in [2.24, 2.45) is 11.3 Å². The molecule has 1 aromatic heterocycles. The lowest BCUT2D eigenvalue weighted by Crippen LogP contribution is -2.59. The van der Waals surface area contributed by atoms with Gasteiger partial charge in [-0.25, -0.2) is 4.39 Å². The minimum Gasteiger partial charge on any atom is -0.375 e. The van der Waals surface area contributed by atoms with Crippen molar-refractivity contribution in [2.75, 3.05) is 13.7 Å². The van der Waals surface area contributed by atoms with Crippen LogP contribution in [-0.4, -0.2) is 30.8 Å². The number of nitrogens with one attached hydrogen (secondary N) is 1. The van der Waals surface area contributed by atoms with Gasteiger partial charge in [-0.1, -0.05) is 19.0 Å². The molecule has 5 nitrogen and oxygen atoms in total. The summed E-state index contributed by atoms with van der Waals surface area (Å²) >= 11 is 0. The van der Waals surface area contributed by atoms with Crippen LogP contribution in [-0.2, 0) is 16.0 Å². The first-order valence-electron chi connectivity index (χ1n) is 8.40. The van der Waals surface area contributed by atoms with Gasteiger partial charge in [0.1, 0.15) is 12.4 Å². The number of carbonyl (C=O) groups excluding carboxylic acids is 1. The number of carbonyl (C=O) groups is 1. The second-order valence-electron chi connectivity index (χ2n) is 7.20. The molecule has 1 heterocycles. The normalized spacial score (nSPS) is 21.6. The summed E-state index contributed by atoms with van der Waals surface area (Å²) in [5.74, 6) is 0.684. The van der Waals surface area contributed by atoms with Gasteiger partial charge in [0.25, 0.3) is 0 Å². The van der Waals surface area contributed by atoms with Gasteiger partial charge < -0.3 is 14.6 Å². The fourth-order valence-electron chi connectivity index (χ4n) is 3.39. The van der Waals surface area contributed by atoms with Gasteiger partial charge in [0.2, 0.25) is 5.91 Å². The van der Waals surface area contributed by atoms with Crippen LogP contribution in [0.1, 0.15) is 26.0 Å². The zero-order valence-electron chi connectivity index (χ0n) is 14.7. The predicted molar refractivity (Wildman–Crippen MR) is 91.3 cm³/mol. The Morgan fingerprint density at radius 3 is 2.76 bits per heavy atom. The molecule has 25 heavy (non-hydrogen) atoms. The second kappa shape index (κ2) is 6.96. The monoisotopic (exact) mass is 346 g/mol. The Morgan fingerprint density at radius 2 is 2.12 bits per heavy atom. The Balaban J connectivity index is 1.60. The zero-order chi connectivity index (χ0) is 18.0. The smallest absolute Gasteiger partial charge is 0.246 e. The number of ether oxygens (including phenoxy) is 1. The van der Waals surface area contributed by atoms with Gasteiger partial charge >= 0.3 is 0 Å². The van der Waals surface area contributed by atoms with E-state index in [9.17, 15) is 9.18 Å².